The Hall–Kier alpha value is -0.0400. The maximum absolute atomic E-state index is 4.20. The Morgan fingerprint density at radius 3 is 2.00 bits per heavy atom. The van der Waals surface area contributed by atoms with Crippen molar-refractivity contribution in [3.63, 3.8) is 0 Å². The summed E-state index contributed by atoms with van der Waals surface area (Å²) in [5.74, 6) is 3.06. The first kappa shape index (κ1) is 11.8. The fourth-order valence-electron chi connectivity index (χ4n) is 5.48. The maximum atomic E-state index is 4.20. The molecule has 3 atom stereocenters. The molecule has 0 aromatic heterocycles. The zero-order chi connectivity index (χ0) is 12.5. The summed E-state index contributed by atoms with van der Waals surface area (Å²) >= 11 is 0. The summed E-state index contributed by atoms with van der Waals surface area (Å²) in [6.07, 6.45) is 10.4. The van der Waals surface area contributed by atoms with Crippen LogP contribution in [0.5, 0.6) is 0 Å². The lowest BCUT2D eigenvalue weighted by Gasteiger charge is -2.45. The highest BCUT2D eigenvalue weighted by Crippen LogP contribution is 2.63. The molecule has 0 radical (unpaired) electrons. The first-order valence-electron chi connectivity index (χ1n) is 8.27. The van der Waals surface area contributed by atoms with E-state index in [1.54, 1.807) is 0 Å². The van der Waals surface area contributed by atoms with Gasteiger partial charge in [-0.3, -0.25) is 0 Å². The van der Waals surface area contributed by atoms with E-state index in [0.717, 1.165) is 29.8 Å². The second-order valence-electron chi connectivity index (χ2n) is 8.72. The SMILES string of the molecule is CC1(C)C(NC(C2CC2)C2CC2)[C@]2(C)CC[C@H]1C2. The van der Waals surface area contributed by atoms with Crippen molar-refractivity contribution in [3.05, 3.63) is 0 Å². The monoisotopic (exact) mass is 247 g/mol. The molecule has 0 saturated heterocycles. The lowest BCUT2D eigenvalue weighted by atomic mass is 9.68. The van der Waals surface area contributed by atoms with Crippen LogP contribution in [0.25, 0.3) is 0 Å². The molecule has 1 unspecified atom stereocenters. The Bertz CT molecular complexity index is 336. The summed E-state index contributed by atoms with van der Waals surface area (Å²) in [4.78, 5) is 0. The molecule has 102 valence electrons. The van der Waals surface area contributed by atoms with Crippen molar-refractivity contribution < 1.29 is 0 Å². The minimum Gasteiger partial charge on any atom is -0.310 e. The summed E-state index contributed by atoms with van der Waals surface area (Å²) in [5.41, 5.74) is 1.14. The number of nitrogens with one attached hydrogen (secondary N) is 1. The average Bonchev–Trinajstić information content (AvgIpc) is 3.18. The molecule has 4 rings (SSSR count). The van der Waals surface area contributed by atoms with Gasteiger partial charge in [0.25, 0.3) is 0 Å². The molecule has 4 saturated carbocycles. The molecule has 4 aliphatic carbocycles. The standard InChI is InChI=1S/C17H29N/c1-16(2)13-8-9-17(3,10-13)15(16)18-14(11-4-5-11)12-6-7-12/h11-15,18H,4-10H2,1-3H3/t13-,15?,17+/m0/s1. The van der Waals surface area contributed by atoms with Crippen LogP contribution in [0.3, 0.4) is 0 Å². The molecule has 0 heterocycles. The minimum absolute atomic E-state index is 0.537. The maximum Gasteiger partial charge on any atom is 0.0178 e. The van der Waals surface area contributed by atoms with Gasteiger partial charge in [0.2, 0.25) is 0 Å². The smallest absolute Gasteiger partial charge is 0.0178 e. The molecular weight excluding hydrogens is 218 g/mol. The summed E-state index contributed by atoms with van der Waals surface area (Å²) in [6, 6.07) is 1.67. The number of hydrogen-bond acceptors (Lipinski definition) is 1. The van der Waals surface area contributed by atoms with Gasteiger partial charge >= 0.3 is 0 Å². The van der Waals surface area contributed by atoms with Crippen LogP contribution in [0.15, 0.2) is 0 Å². The predicted octanol–water partition coefficient (Wildman–Crippen LogP) is 3.98. The molecule has 1 nitrogen and oxygen atoms in total. The van der Waals surface area contributed by atoms with E-state index in [1.165, 1.54) is 44.9 Å². The summed E-state index contributed by atoms with van der Waals surface area (Å²) in [7, 11) is 0. The third-order valence-electron chi connectivity index (χ3n) is 6.89. The first-order valence-corrected chi connectivity index (χ1v) is 8.27. The number of fused-ring (bicyclic) bond motifs is 2. The van der Waals surface area contributed by atoms with Gasteiger partial charge in [-0.15, -0.1) is 0 Å². The van der Waals surface area contributed by atoms with Gasteiger partial charge in [0.15, 0.2) is 0 Å². The molecule has 4 fully saturated rings. The topological polar surface area (TPSA) is 12.0 Å². The molecule has 4 aliphatic rings. The number of hydrogen-bond donors (Lipinski definition) is 1. The van der Waals surface area contributed by atoms with Gasteiger partial charge in [0, 0.05) is 12.1 Å². The van der Waals surface area contributed by atoms with Crippen LogP contribution in [0, 0.1) is 28.6 Å². The second kappa shape index (κ2) is 3.53. The number of rotatable bonds is 4. The highest BCUT2D eigenvalue weighted by Gasteiger charge is 2.60. The lowest BCUT2D eigenvalue weighted by molar-refractivity contribution is 0.0918. The van der Waals surface area contributed by atoms with Crippen LogP contribution < -0.4 is 5.32 Å². The van der Waals surface area contributed by atoms with Gasteiger partial charge in [-0.25, -0.2) is 0 Å². The zero-order valence-electron chi connectivity index (χ0n) is 12.3. The fourth-order valence-corrected chi connectivity index (χ4v) is 5.48. The van der Waals surface area contributed by atoms with Gasteiger partial charge in [-0.2, -0.15) is 0 Å². The van der Waals surface area contributed by atoms with Gasteiger partial charge in [0.05, 0.1) is 0 Å². The summed E-state index contributed by atoms with van der Waals surface area (Å²) in [6.45, 7) is 7.64. The Morgan fingerprint density at radius 1 is 0.944 bits per heavy atom. The average molecular weight is 247 g/mol. The van der Waals surface area contributed by atoms with E-state index in [9.17, 15) is 0 Å². The summed E-state index contributed by atoms with van der Waals surface area (Å²) in [5, 5.41) is 4.20. The minimum atomic E-state index is 0.537. The van der Waals surface area contributed by atoms with E-state index >= 15 is 0 Å². The van der Waals surface area contributed by atoms with Crippen LogP contribution in [0.4, 0.5) is 0 Å². The van der Waals surface area contributed by atoms with Gasteiger partial charge in [-0.1, -0.05) is 20.8 Å². The lowest BCUT2D eigenvalue weighted by Crippen LogP contribution is -2.54. The highest BCUT2D eigenvalue weighted by atomic mass is 15.0. The Kier molecular flexibility index (Phi) is 2.31. The zero-order valence-corrected chi connectivity index (χ0v) is 12.3. The van der Waals surface area contributed by atoms with Gasteiger partial charge in [0.1, 0.15) is 0 Å². The van der Waals surface area contributed by atoms with E-state index in [0.29, 0.717) is 10.8 Å². The Labute approximate surface area is 112 Å². The van der Waals surface area contributed by atoms with Crippen LogP contribution in [0.2, 0.25) is 0 Å². The molecular formula is C17H29N. The van der Waals surface area contributed by atoms with Crippen molar-refractivity contribution in [2.75, 3.05) is 0 Å². The van der Waals surface area contributed by atoms with Crippen LogP contribution in [-0.2, 0) is 0 Å². The van der Waals surface area contributed by atoms with Crippen molar-refractivity contribution in [1.29, 1.82) is 0 Å². The Balaban J connectivity index is 1.55. The highest BCUT2D eigenvalue weighted by molar-refractivity contribution is 5.14. The second-order valence-corrected chi connectivity index (χ2v) is 8.72. The normalized spacial score (nSPS) is 46.0. The molecule has 0 aliphatic heterocycles. The Morgan fingerprint density at radius 2 is 1.56 bits per heavy atom. The van der Waals surface area contributed by atoms with E-state index in [-0.39, 0.29) is 0 Å². The van der Waals surface area contributed by atoms with Crippen molar-refractivity contribution in [2.24, 2.45) is 28.6 Å². The van der Waals surface area contributed by atoms with Crippen LogP contribution >= 0.6 is 0 Å². The van der Waals surface area contributed by atoms with E-state index in [1.807, 2.05) is 0 Å². The van der Waals surface area contributed by atoms with E-state index < -0.39 is 0 Å². The third kappa shape index (κ3) is 1.62. The van der Waals surface area contributed by atoms with Gasteiger partial charge < -0.3 is 5.32 Å². The largest absolute Gasteiger partial charge is 0.310 e. The van der Waals surface area contributed by atoms with Crippen molar-refractivity contribution >= 4 is 0 Å². The van der Waals surface area contributed by atoms with E-state index in [4.69, 9.17) is 0 Å². The molecule has 0 aromatic carbocycles. The van der Waals surface area contributed by atoms with Crippen molar-refractivity contribution in [1.82, 2.24) is 5.32 Å². The first-order chi connectivity index (χ1) is 8.51. The quantitative estimate of drug-likeness (QED) is 0.792. The van der Waals surface area contributed by atoms with Crippen molar-refractivity contribution in [2.45, 2.75) is 77.8 Å². The van der Waals surface area contributed by atoms with Crippen molar-refractivity contribution in [3.8, 4) is 0 Å². The molecule has 0 aromatic rings. The third-order valence-corrected chi connectivity index (χ3v) is 6.89. The molecule has 2 bridgehead atoms. The fraction of sp³-hybridized carbons (Fsp3) is 1.00. The summed E-state index contributed by atoms with van der Waals surface area (Å²) < 4.78 is 0. The van der Waals surface area contributed by atoms with E-state index in [2.05, 4.69) is 26.1 Å². The molecule has 0 amide bonds. The van der Waals surface area contributed by atoms with Gasteiger partial charge in [-0.05, 0) is 73.5 Å². The predicted molar refractivity (Wildman–Crippen MR) is 75.4 cm³/mol. The molecule has 1 N–H and O–H groups in total. The molecule has 0 spiro atoms. The molecule has 18 heavy (non-hydrogen) atoms. The molecule has 1 heteroatoms. The van der Waals surface area contributed by atoms with Crippen LogP contribution in [0.1, 0.15) is 65.7 Å². The van der Waals surface area contributed by atoms with Crippen LogP contribution in [-0.4, -0.2) is 12.1 Å².